The third-order valence-electron chi connectivity index (χ3n) is 2.69. The van der Waals surface area contributed by atoms with Crippen molar-refractivity contribution < 1.29 is 24.3 Å². The topological polar surface area (TPSA) is 98.9 Å². The summed E-state index contributed by atoms with van der Waals surface area (Å²) in [4.78, 5) is 21.0. The third-order valence-corrected chi connectivity index (χ3v) is 2.69. The Kier molecular flexibility index (Phi) is 4.03. The molecule has 0 unspecified atom stereocenters. The second-order valence-electron chi connectivity index (χ2n) is 4.02. The smallest absolute Gasteiger partial charge is 0.342 e. The van der Waals surface area contributed by atoms with Crippen LogP contribution in [0, 0.1) is 10.1 Å². The van der Waals surface area contributed by atoms with Crippen molar-refractivity contribution in [2.75, 3.05) is 7.11 Å². The van der Waals surface area contributed by atoms with E-state index in [2.05, 4.69) is 0 Å². The highest BCUT2D eigenvalue weighted by molar-refractivity contribution is 5.92. The number of hydrogen-bond donors (Lipinski definition) is 1. The number of methoxy groups -OCH3 is 1. The van der Waals surface area contributed by atoms with Crippen LogP contribution in [0.15, 0.2) is 42.5 Å². The zero-order chi connectivity index (χ0) is 15.4. The standard InChI is InChI=1S/C14H11NO6/c1-20-9-2-4-10(5-3-9)21-11-6-7-12(14(16)17)13(8-11)15(18)19/h2-8H,1H3,(H,16,17). The molecule has 0 heterocycles. The molecule has 2 aromatic rings. The summed E-state index contributed by atoms with van der Waals surface area (Å²) in [7, 11) is 1.53. The Morgan fingerprint density at radius 1 is 1.10 bits per heavy atom. The number of carboxylic acid groups (broad SMARTS) is 1. The fourth-order valence-corrected chi connectivity index (χ4v) is 1.69. The Morgan fingerprint density at radius 3 is 2.19 bits per heavy atom. The first-order chi connectivity index (χ1) is 10.0. The quantitative estimate of drug-likeness (QED) is 0.670. The molecular formula is C14H11NO6. The second kappa shape index (κ2) is 5.91. The van der Waals surface area contributed by atoms with Crippen LogP contribution in [0.2, 0.25) is 0 Å². The van der Waals surface area contributed by atoms with Gasteiger partial charge in [-0.2, -0.15) is 0 Å². The maximum Gasteiger partial charge on any atom is 0.342 e. The highest BCUT2D eigenvalue weighted by Crippen LogP contribution is 2.29. The lowest BCUT2D eigenvalue weighted by Crippen LogP contribution is -2.02. The molecule has 2 rings (SSSR count). The molecule has 7 heteroatoms. The van der Waals surface area contributed by atoms with Crippen molar-refractivity contribution in [1.82, 2.24) is 0 Å². The van der Waals surface area contributed by atoms with Crippen molar-refractivity contribution in [2.24, 2.45) is 0 Å². The number of ether oxygens (including phenoxy) is 2. The van der Waals surface area contributed by atoms with Crippen molar-refractivity contribution in [2.45, 2.75) is 0 Å². The molecule has 108 valence electrons. The average Bonchev–Trinajstić information content (AvgIpc) is 2.47. The molecule has 0 bridgehead atoms. The number of nitrogens with zero attached hydrogens (tertiary/aromatic N) is 1. The molecule has 2 aromatic carbocycles. The Hall–Kier alpha value is -3.09. The first-order valence-corrected chi connectivity index (χ1v) is 5.85. The number of hydrogen-bond acceptors (Lipinski definition) is 5. The summed E-state index contributed by atoms with van der Waals surface area (Å²) in [5, 5.41) is 19.8. The van der Waals surface area contributed by atoms with E-state index in [0.29, 0.717) is 11.5 Å². The van der Waals surface area contributed by atoms with Gasteiger partial charge in [0.25, 0.3) is 5.69 Å². The minimum Gasteiger partial charge on any atom is -0.497 e. The molecule has 7 nitrogen and oxygen atoms in total. The van der Waals surface area contributed by atoms with Gasteiger partial charge in [-0.05, 0) is 36.4 Å². The van der Waals surface area contributed by atoms with Gasteiger partial charge in [-0.25, -0.2) is 4.79 Å². The van der Waals surface area contributed by atoms with Crippen LogP contribution in [-0.2, 0) is 0 Å². The molecule has 0 spiro atoms. The first kappa shape index (κ1) is 14.3. The van der Waals surface area contributed by atoms with Crippen LogP contribution < -0.4 is 9.47 Å². The van der Waals surface area contributed by atoms with Crippen LogP contribution in [0.5, 0.6) is 17.2 Å². The van der Waals surface area contributed by atoms with Crippen LogP contribution >= 0.6 is 0 Å². The van der Waals surface area contributed by atoms with Crippen molar-refractivity contribution in [3.8, 4) is 17.2 Å². The Balaban J connectivity index is 2.29. The monoisotopic (exact) mass is 289 g/mol. The molecule has 21 heavy (non-hydrogen) atoms. The zero-order valence-electron chi connectivity index (χ0n) is 11.0. The maximum absolute atomic E-state index is 10.9. The summed E-state index contributed by atoms with van der Waals surface area (Å²) in [6.07, 6.45) is 0. The molecule has 0 aliphatic rings. The van der Waals surface area contributed by atoms with E-state index in [4.69, 9.17) is 14.6 Å². The van der Waals surface area contributed by atoms with Gasteiger partial charge >= 0.3 is 5.97 Å². The predicted molar refractivity (Wildman–Crippen MR) is 73.1 cm³/mol. The molecule has 0 saturated carbocycles. The van der Waals surface area contributed by atoms with E-state index >= 15 is 0 Å². The number of carboxylic acids is 1. The average molecular weight is 289 g/mol. The number of nitro groups is 1. The number of benzene rings is 2. The number of nitro benzene ring substituents is 1. The van der Waals surface area contributed by atoms with Gasteiger partial charge in [-0.15, -0.1) is 0 Å². The number of carbonyl (C=O) groups is 1. The highest BCUT2D eigenvalue weighted by atomic mass is 16.6. The number of rotatable bonds is 5. The van der Waals surface area contributed by atoms with Gasteiger partial charge in [0.1, 0.15) is 22.8 Å². The molecule has 0 aromatic heterocycles. The SMILES string of the molecule is COc1ccc(Oc2ccc(C(=O)O)c([N+](=O)[O-])c2)cc1. The molecule has 0 atom stereocenters. The minimum absolute atomic E-state index is 0.178. The van der Waals surface area contributed by atoms with E-state index in [1.54, 1.807) is 24.3 Å². The normalized spacial score (nSPS) is 9.95. The van der Waals surface area contributed by atoms with Crippen molar-refractivity contribution in [3.63, 3.8) is 0 Å². The van der Waals surface area contributed by atoms with Crippen LogP contribution in [0.4, 0.5) is 5.69 Å². The summed E-state index contributed by atoms with van der Waals surface area (Å²) in [5.41, 5.74) is -0.907. The second-order valence-corrected chi connectivity index (χ2v) is 4.02. The van der Waals surface area contributed by atoms with Gasteiger partial charge < -0.3 is 14.6 Å². The molecule has 1 N–H and O–H groups in total. The lowest BCUT2D eigenvalue weighted by atomic mass is 10.1. The molecule has 0 saturated heterocycles. The summed E-state index contributed by atoms with van der Waals surface area (Å²) in [6.45, 7) is 0. The lowest BCUT2D eigenvalue weighted by molar-refractivity contribution is -0.385. The first-order valence-electron chi connectivity index (χ1n) is 5.85. The van der Waals surface area contributed by atoms with Gasteiger partial charge in [0, 0.05) is 0 Å². The Morgan fingerprint density at radius 2 is 1.67 bits per heavy atom. The van der Waals surface area contributed by atoms with E-state index in [-0.39, 0.29) is 11.3 Å². The molecule has 0 radical (unpaired) electrons. The van der Waals surface area contributed by atoms with E-state index in [1.165, 1.54) is 13.2 Å². The summed E-state index contributed by atoms with van der Waals surface area (Å²) < 4.78 is 10.5. The molecular weight excluding hydrogens is 278 g/mol. The largest absolute Gasteiger partial charge is 0.497 e. The summed E-state index contributed by atoms with van der Waals surface area (Å²) in [6, 6.07) is 10.2. The molecule has 0 aliphatic heterocycles. The van der Waals surface area contributed by atoms with Gasteiger partial charge in [0.2, 0.25) is 0 Å². The van der Waals surface area contributed by atoms with Crippen LogP contribution in [0.1, 0.15) is 10.4 Å². The van der Waals surface area contributed by atoms with Gasteiger partial charge in [0.05, 0.1) is 18.1 Å². The minimum atomic E-state index is -1.36. The van der Waals surface area contributed by atoms with E-state index < -0.39 is 16.6 Å². The van der Waals surface area contributed by atoms with Gasteiger partial charge in [0.15, 0.2) is 0 Å². The predicted octanol–water partition coefficient (Wildman–Crippen LogP) is 3.09. The number of aromatic carboxylic acids is 1. The van der Waals surface area contributed by atoms with Crippen molar-refractivity contribution >= 4 is 11.7 Å². The maximum atomic E-state index is 10.9. The van der Waals surface area contributed by atoms with E-state index in [1.807, 2.05) is 0 Å². The summed E-state index contributed by atoms with van der Waals surface area (Å²) in [5.74, 6) is -0.0858. The molecule has 0 aliphatic carbocycles. The zero-order valence-corrected chi connectivity index (χ0v) is 11.0. The fraction of sp³-hybridized carbons (Fsp3) is 0.0714. The lowest BCUT2D eigenvalue weighted by Gasteiger charge is -2.07. The molecule has 0 fully saturated rings. The van der Waals surface area contributed by atoms with Crippen molar-refractivity contribution in [1.29, 1.82) is 0 Å². The van der Waals surface area contributed by atoms with Crippen molar-refractivity contribution in [3.05, 3.63) is 58.1 Å². The summed E-state index contributed by atoms with van der Waals surface area (Å²) >= 11 is 0. The highest BCUT2D eigenvalue weighted by Gasteiger charge is 2.20. The van der Waals surface area contributed by atoms with E-state index in [0.717, 1.165) is 12.1 Å². The Labute approximate surface area is 119 Å². The fourth-order valence-electron chi connectivity index (χ4n) is 1.69. The van der Waals surface area contributed by atoms with Gasteiger partial charge in [-0.3, -0.25) is 10.1 Å². The third kappa shape index (κ3) is 3.27. The van der Waals surface area contributed by atoms with Crippen LogP contribution in [0.25, 0.3) is 0 Å². The van der Waals surface area contributed by atoms with Crippen LogP contribution in [0.3, 0.4) is 0 Å². The van der Waals surface area contributed by atoms with E-state index in [9.17, 15) is 14.9 Å². The van der Waals surface area contributed by atoms with Crippen LogP contribution in [-0.4, -0.2) is 23.1 Å². The molecule has 0 amide bonds. The van der Waals surface area contributed by atoms with Gasteiger partial charge in [-0.1, -0.05) is 0 Å². The Bertz CT molecular complexity index is 680.